The molecule has 3 aromatic carbocycles. The second-order valence-electron chi connectivity index (χ2n) is 9.46. The fourth-order valence-electron chi connectivity index (χ4n) is 2.19. The zero-order valence-electron chi connectivity index (χ0n) is 19.5. The maximum atomic E-state index is 2.23. The summed E-state index contributed by atoms with van der Waals surface area (Å²) in [6.45, 7) is 17.6. The van der Waals surface area contributed by atoms with E-state index >= 15 is 0 Å². The molecule has 0 atom stereocenters. The fourth-order valence-corrected chi connectivity index (χ4v) is 2.19. The van der Waals surface area contributed by atoms with Crippen molar-refractivity contribution in [3.05, 3.63) is 91.3 Å². The first kappa shape index (κ1) is 29.2. The molecule has 0 saturated carbocycles. The van der Waals surface area contributed by atoms with Crippen LogP contribution in [0, 0.1) is 19.8 Å². The molecule has 28 heavy (non-hydrogen) atoms. The molecule has 0 saturated heterocycles. The Morgan fingerprint density at radius 3 is 1.07 bits per heavy atom. The molecule has 3 rings (SSSR count). The van der Waals surface area contributed by atoms with Crippen molar-refractivity contribution >= 4 is 10.8 Å². The van der Waals surface area contributed by atoms with Gasteiger partial charge in [-0.1, -0.05) is 127 Å². The van der Waals surface area contributed by atoms with Crippen molar-refractivity contribution in [2.75, 3.05) is 0 Å². The maximum absolute atomic E-state index is 2.23. The molecule has 0 unspecified atom stereocenters. The molecule has 0 aliphatic carbocycles. The Kier molecular flexibility index (Phi) is 13.9. The van der Waals surface area contributed by atoms with Gasteiger partial charge in [0, 0.05) is 32.7 Å². The molecule has 0 spiro atoms. The maximum Gasteiger partial charge on any atom is 0 e. The summed E-state index contributed by atoms with van der Waals surface area (Å²) >= 11 is 0. The number of rotatable bonds is 0. The van der Waals surface area contributed by atoms with Crippen LogP contribution in [0.2, 0.25) is 0 Å². The number of aryl methyl sites for hydroxylation is 1. The van der Waals surface area contributed by atoms with Crippen LogP contribution in [0.4, 0.5) is 0 Å². The second-order valence-corrected chi connectivity index (χ2v) is 9.46. The van der Waals surface area contributed by atoms with Crippen molar-refractivity contribution in [3.8, 4) is 0 Å². The van der Waals surface area contributed by atoms with E-state index in [1.54, 1.807) is 0 Å². The number of hydrogen-bond donors (Lipinski definition) is 0. The quantitative estimate of drug-likeness (QED) is 0.300. The zero-order valence-corrected chi connectivity index (χ0v) is 22.3. The molecule has 0 aliphatic heterocycles. The molecule has 0 aromatic heterocycles. The third-order valence-corrected chi connectivity index (χ3v) is 3.58. The smallest absolute Gasteiger partial charge is 0 e. The Balaban J connectivity index is 0. The summed E-state index contributed by atoms with van der Waals surface area (Å²) in [7, 11) is 0. The molecule has 0 nitrogen and oxygen atoms in total. The van der Waals surface area contributed by atoms with Gasteiger partial charge in [-0.05, 0) is 34.1 Å². The Morgan fingerprint density at radius 2 is 0.821 bits per heavy atom. The predicted molar refractivity (Wildman–Crippen MR) is 125 cm³/mol. The number of hydrogen-bond acceptors (Lipinski definition) is 0. The molecule has 0 bridgehead atoms. The van der Waals surface area contributed by atoms with E-state index < -0.39 is 0 Å². The number of benzene rings is 3. The molecule has 3 aromatic rings. The molecule has 151 valence electrons. The van der Waals surface area contributed by atoms with Crippen LogP contribution >= 0.6 is 0 Å². The third-order valence-electron chi connectivity index (χ3n) is 3.58. The Labute approximate surface area is 200 Å². The van der Waals surface area contributed by atoms with E-state index in [0.29, 0.717) is 5.41 Å². The predicted octanol–water partition coefficient (Wildman–Crippen LogP) is 8.63. The minimum absolute atomic E-state index is 0. The summed E-state index contributed by atoms with van der Waals surface area (Å²) in [6, 6.07) is 25.5. The van der Waals surface area contributed by atoms with Crippen molar-refractivity contribution in [1.29, 1.82) is 0 Å². The zero-order chi connectivity index (χ0) is 19.8. The Hall–Kier alpha value is -0.976. The fraction of sp³-hybridized carbons (Fsp3) is 0.370. The molecule has 1 heteroatoms. The molecule has 1 radical (unpaired) electrons. The number of fused-ring (bicyclic) bond motifs is 1. The van der Waals surface area contributed by atoms with Crippen molar-refractivity contribution in [2.45, 2.75) is 60.8 Å². The largest absolute Gasteiger partial charge is 0.358 e. The third kappa shape index (κ3) is 13.2. The van der Waals surface area contributed by atoms with Crippen molar-refractivity contribution in [3.63, 3.8) is 0 Å². The van der Waals surface area contributed by atoms with Crippen LogP contribution in [0.3, 0.4) is 0 Å². The first-order chi connectivity index (χ1) is 12.0. The average molecular weight is 453 g/mol. The molecule has 0 aliphatic rings. The summed E-state index contributed by atoms with van der Waals surface area (Å²) in [4.78, 5) is 0. The standard InChI is InChI=1S/C11H16.C10H8.C5H12.CH3.Y/c1-9-5-7-10(8-6-9)11(2,3)4;1-2-6-10-8-4-3-7-9(10)5-1;1-5(2,3)4;;/h5-8H,1-4H3;1-8H;1-4H3;1H3;/q;;;-1;. The van der Waals surface area contributed by atoms with Crippen LogP contribution in [0.1, 0.15) is 59.6 Å². The molecule has 0 heterocycles. The molecular formula is C27H39Y-. The van der Waals surface area contributed by atoms with Crippen LogP contribution in [0.5, 0.6) is 0 Å². The van der Waals surface area contributed by atoms with E-state index in [9.17, 15) is 0 Å². The van der Waals surface area contributed by atoms with Gasteiger partial charge in [0.15, 0.2) is 0 Å². The van der Waals surface area contributed by atoms with Crippen molar-refractivity contribution in [2.24, 2.45) is 5.41 Å². The van der Waals surface area contributed by atoms with E-state index in [1.807, 2.05) is 0 Å². The summed E-state index contributed by atoms with van der Waals surface area (Å²) in [6.07, 6.45) is 0. The average Bonchev–Trinajstić information content (AvgIpc) is 2.54. The van der Waals surface area contributed by atoms with Gasteiger partial charge in [0.2, 0.25) is 0 Å². The minimum Gasteiger partial charge on any atom is -0.358 e. The minimum atomic E-state index is 0. The van der Waals surface area contributed by atoms with Gasteiger partial charge in [0.1, 0.15) is 0 Å². The normalized spacial score (nSPS) is 10.3. The van der Waals surface area contributed by atoms with E-state index in [1.165, 1.54) is 21.9 Å². The first-order valence-electron chi connectivity index (χ1n) is 9.48. The van der Waals surface area contributed by atoms with Crippen LogP contribution in [-0.2, 0) is 38.1 Å². The molecule has 0 N–H and O–H groups in total. The van der Waals surface area contributed by atoms with Crippen molar-refractivity contribution < 1.29 is 32.7 Å². The summed E-state index contributed by atoms with van der Waals surface area (Å²) < 4.78 is 0. The summed E-state index contributed by atoms with van der Waals surface area (Å²) in [5.74, 6) is 0. The van der Waals surface area contributed by atoms with Crippen molar-refractivity contribution in [1.82, 2.24) is 0 Å². The van der Waals surface area contributed by atoms with Crippen LogP contribution in [0.25, 0.3) is 10.8 Å². The monoisotopic (exact) mass is 452 g/mol. The van der Waals surface area contributed by atoms with Gasteiger partial charge in [-0.25, -0.2) is 0 Å². The van der Waals surface area contributed by atoms with Gasteiger partial charge < -0.3 is 7.43 Å². The van der Waals surface area contributed by atoms with Gasteiger partial charge in [-0.15, -0.1) is 0 Å². The molecule has 0 fully saturated rings. The van der Waals surface area contributed by atoms with Gasteiger partial charge in [-0.2, -0.15) is 0 Å². The van der Waals surface area contributed by atoms with Gasteiger partial charge >= 0.3 is 0 Å². The Morgan fingerprint density at radius 1 is 0.536 bits per heavy atom. The molecule has 0 amide bonds. The van der Waals surface area contributed by atoms with Gasteiger partial charge in [0.25, 0.3) is 0 Å². The topological polar surface area (TPSA) is 0 Å². The van der Waals surface area contributed by atoms with E-state index in [2.05, 4.69) is 128 Å². The van der Waals surface area contributed by atoms with Crippen LogP contribution in [-0.4, -0.2) is 0 Å². The second kappa shape index (κ2) is 13.3. The van der Waals surface area contributed by atoms with Crippen LogP contribution < -0.4 is 0 Å². The first-order valence-corrected chi connectivity index (χ1v) is 9.48. The van der Waals surface area contributed by atoms with E-state index in [0.717, 1.165) is 0 Å². The van der Waals surface area contributed by atoms with E-state index in [-0.39, 0.29) is 45.6 Å². The van der Waals surface area contributed by atoms with Gasteiger partial charge in [0.05, 0.1) is 0 Å². The summed E-state index contributed by atoms with van der Waals surface area (Å²) in [5.41, 5.74) is 3.52. The summed E-state index contributed by atoms with van der Waals surface area (Å²) in [5, 5.41) is 2.62. The molecular weight excluding hydrogens is 413 g/mol. The SMILES string of the molecule is CC(C)(C)C.Cc1ccc(C(C)(C)C)cc1.[CH3-].[Y].c1ccc2ccccc2c1. The Bertz CT molecular complexity index is 700. The van der Waals surface area contributed by atoms with E-state index in [4.69, 9.17) is 0 Å². The van der Waals surface area contributed by atoms with Gasteiger partial charge in [-0.3, -0.25) is 0 Å². The van der Waals surface area contributed by atoms with Crippen LogP contribution in [0.15, 0.2) is 72.8 Å².